The van der Waals surface area contributed by atoms with E-state index < -0.39 is 0 Å². The average Bonchev–Trinajstić information content (AvgIpc) is 2.66. The molecule has 1 fully saturated rings. The van der Waals surface area contributed by atoms with Gasteiger partial charge in [0, 0.05) is 37.8 Å². The zero-order valence-corrected chi connectivity index (χ0v) is 16.7. The van der Waals surface area contributed by atoms with Gasteiger partial charge in [-0.1, -0.05) is 12.1 Å². The molecule has 0 saturated carbocycles. The lowest BCUT2D eigenvalue weighted by atomic mass is 9.83. The van der Waals surface area contributed by atoms with Gasteiger partial charge in [-0.15, -0.1) is 0 Å². The number of fused-ring (bicyclic) bond motifs is 4. The molecule has 0 aliphatic carbocycles. The van der Waals surface area contributed by atoms with Gasteiger partial charge in [0.2, 0.25) is 5.91 Å². The Morgan fingerprint density at radius 2 is 1.96 bits per heavy atom. The van der Waals surface area contributed by atoms with Gasteiger partial charge in [0.25, 0.3) is 5.56 Å². The monoisotopic (exact) mass is 401 g/mol. The Morgan fingerprint density at radius 1 is 1.18 bits per heavy atom. The molecule has 5 nitrogen and oxygen atoms in total. The number of pyridine rings is 1. The number of carbonyl (C=O) groups excluding carboxylic acids is 1. The van der Waals surface area contributed by atoms with Gasteiger partial charge in [-0.05, 0) is 48.4 Å². The Morgan fingerprint density at radius 3 is 2.71 bits per heavy atom. The van der Waals surface area contributed by atoms with Crippen LogP contribution in [0.1, 0.15) is 23.6 Å². The van der Waals surface area contributed by atoms with Crippen LogP contribution in [-0.4, -0.2) is 40.5 Å². The van der Waals surface area contributed by atoms with E-state index in [9.17, 15) is 14.0 Å². The van der Waals surface area contributed by atoms with Gasteiger partial charge in [-0.25, -0.2) is 4.39 Å². The topological polar surface area (TPSA) is 54.3 Å². The lowest BCUT2D eigenvalue weighted by molar-refractivity contribution is -0.113. The molecule has 1 N–H and O–H groups in total. The number of hydrogen-bond acceptors (Lipinski definition) is 4. The Labute approximate surface area is 167 Å². The Hall–Kier alpha value is -2.12. The number of rotatable bonds is 5. The van der Waals surface area contributed by atoms with Gasteiger partial charge in [0.1, 0.15) is 11.5 Å². The molecule has 1 amide bonds. The second-order valence-electron chi connectivity index (χ2n) is 7.69. The zero-order valence-electron chi connectivity index (χ0n) is 15.9. The highest BCUT2D eigenvalue weighted by molar-refractivity contribution is 7.99. The zero-order chi connectivity index (χ0) is 19.7. The smallest absolute Gasteiger partial charge is 0.274 e. The molecule has 2 atom stereocenters. The van der Waals surface area contributed by atoms with Crippen LogP contribution in [0.3, 0.4) is 0 Å². The van der Waals surface area contributed by atoms with Crippen molar-refractivity contribution in [3.8, 4) is 0 Å². The number of nitrogens with one attached hydrogen (secondary N) is 1. The number of likely N-dealkylation sites (tertiary alicyclic amines) is 1. The second-order valence-corrected chi connectivity index (χ2v) is 8.55. The van der Waals surface area contributed by atoms with Crippen LogP contribution in [0.4, 0.5) is 10.1 Å². The van der Waals surface area contributed by atoms with Crippen LogP contribution in [0, 0.1) is 11.7 Å². The van der Waals surface area contributed by atoms with Crippen molar-refractivity contribution < 1.29 is 9.18 Å². The van der Waals surface area contributed by atoms with E-state index in [0.717, 1.165) is 37.3 Å². The van der Waals surface area contributed by atoms with E-state index in [-0.39, 0.29) is 17.3 Å². The first-order valence-corrected chi connectivity index (χ1v) is 10.9. The van der Waals surface area contributed by atoms with Crippen molar-refractivity contribution >= 4 is 23.4 Å². The average molecular weight is 402 g/mol. The molecule has 3 heterocycles. The summed E-state index contributed by atoms with van der Waals surface area (Å²) >= 11 is 1.43. The summed E-state index contributed by atoms with van der Waals surface area (Å²) in [5, 5.41) is 2.74. The van der Waals surface area contributed by atoms with Crippen LogP contribution in [0.15, 0.2) is 41.2 Å². The van der Waals surface area contributed by atoms with Gasteiger partial charge in [0.15, 0.2) is 0 Å². The number of halogens is 1. The van der Waals surface area contributed by atoms with E-state index in [1.165, 1.54) is 23.9 Å². The Balaban J connectivity index is 1.52. The van der Waals surface area contributed by atoms with Crippen molar-refractivity contribution in [2.75, 3.05) is 30.4 Å². The van der Waals surface area contributed by atoms with Crippen LogP contribution < -0.4 is 10.9 Å². The maximum Gasteiger partial charge on any atom is 0.274 e. The molecule has 0 spiro atoms. The fourth-order valence-corrected chi connectivity index (χ4v) is 4.77. The maximum absolute atomic E-state index is 13.1. The SMILES string of the molecule is CSCC(=O)Nc1ccc2n(c1=O)CC1CC2CN(Cc2ccc(F)cc2)C1. The number of piperidine rings is 1. The van der Waals surface area contributed by atoms with Crippen LogP contribution in [0.5, 0.6) is 0 Å². The largest absolute Gasteiger partial charge is 0.321 e. The van der Waals surface area contributed by atoms with Crippen molar-refractivity contribution in [1.29, 1.82) is 0 Å². The van der Waals surface area contributed by atoms with Crippen LogP contribution in [0.25, 0.3) is 0 Å². The molecule has 2 aliphatic heterocycles. The minimum Gasteiger partial charge on any atom is -0.321 e. The molecule has 1 aromatic heterocycles. The van der Waals surface area contributed by atoms with Crippen molar-refractivity contribution in [1.82, 2.24) is 9.47 Å². The van der Waals surface area contributed by atoms with Gasteiger partial charge < -0.3 is 9.88 Å². The van der Waals surface area contributed by atoms with Crippen molar-refractivity contribution in [3.63, 3.8) is 0 Å². The molecule has 0 radical (unpaired) electrons. The third-order valence-corrected chi connectivity index (χ3v) is 6.10. The molecular formula is C21H24FN3O2S. The highest BCUT2D eigenvalue weighted by atomic mass is 32.2. The summed E-state index contributed by atoms with van der Waals surface area (Å²) in [4.78, 5) is 27.1. The van der Waals surface area contributed by atoms with Crippen LogP contribution in [-0.2, 0) is 17.9 Å². The molecule has 28 heavy (non-hydrogen) atoms. The third-order valence-electron chi connectivity index (χ3n) is 5.55. The Kier molecular flexibility index (Phi) is 5.55. The van der Waals surface area contributed by atoms with E-state index >= 15 is 0 Å². The first-order chi connectivity index (χ1) is 13.5. The lowest BCUT2D eigenvalue weighted by Gasteiger charge is -2.43. The first kappa shape index (κ1) is 19.2. The van der Waals surface area contributed by atoms with Gasteiger partial charge in [-0.2, -0.15) is 11.8 Å². The summed E-state index contributed by atoms with van der Waals surface area (Å²) in [5.41, 5.74) is 2.41. The summed E-state index contributed by atoms with van der Waals surface area (Å²) in [6, 6.07) is 10.4. The van der Waals surface area contributed by atoms with E-state index in [0.29, 0.717) is 29.8 Å². The molecular weight excluding hydrogens is 377 g/mol. The minimum absolute atomic E-state index is 0.103. The fraction of sp³-hybridized carbons (Fsp3) is 0.429. The molecule has 2 unspecified atom stereocenters. The molecule has 2 aliphatic rings. The molecule has 4 rings (SSSR count). The van der Waals surface area contributed by atoms with Gasteiger partial charge in [0.05, 0.1) is 5.75 Å². The summed E-state index contributed by atoms with van der Waals surface area (Å²) in [7, 11) is 0. The van der Waals surface area contributed by atoms with Crippen LogP contribution in [0.2, 0.25) is 0 Å². The van der Waals surface area contributed by atoms with Crippen molar-refractivity contribution in [2.45, 2.75) is 25.4 Å². The first-order valence-electron chi connectivity index (χ1n) is 9.53. The second kappa shape index (κ2) is 8.09. The van der Waals surface area contributed by atoms with E-state index in [4.69, 9.17) is 0 Å². The summed E-state index contributed by atoms with van der Waals surface area (Å²) in [6.07, 6.45) is 2.94. The number of nitrogens with zero attached hydrogens (tertiary/aromatic N) is 2. The number of amides is 1. The maximum atomic E-state index is 13.1. The van der Waals surface area contributed by atoms with Crippen LogP contribution >= 0.6 is 11.8 Å². The molecule has 7 heteroatoms. The summed E-state index contributed by atoms with van der Waals surface area (Å²) in [5.74, 6) is 0.683. The quantitative estimate of drug-likeness (QED) is 0.837. The Bertz CT molecular complexity index is 928. The number of thioether (sulfide) groups is 1. The van der Waals surface area contributed by atoms with Crippen molar-refractivity contribution in [2.24, 2.45) is 5.92 Å². The van der Waals surface area contributed by atoms with Crippen molar-refractivity contribution in [3.05, 3.63) is 63.8 Å². The summed E-state index contributed by atoms with van der Waals surface area (Å²) < 4.78 is 15.0. The number of benzene rings is 1. The number of anilines is 1. The number of hydrogen-bond donors (Lipinski definition) is 1. The highest BCUT2D eigenvalue weighted by Gasteiger charge is 2.35. The molecule has 2 aromatic rings. The molecule has 1 aromatic carbocycles. The minimum atomic E-state index is -0.215. The number of aromatic nitrogens is 1. The third kappa shape index (κ3) is 4.00. The van der Waals surface area contributed by atoms with E-state index in [2.05, 4.69) is 10.2 Å². The van der Waals surface area contributed by atoms with E-state index in [1.807, 2.05) is 29.0 Å². The number of carbonyl (C=O) groups is 1. The lowest BCUT2D eigenvalue weighted by Crippen LogP contribution is -2.47. The van der Waals surface area contributed by atoms with Gasteiger partial charge >= 0.3 is 0 Å². The standard InChI is InChI=1S/C21H24FN3O2S/c1-28-13-20(26)23-18-6-7-19-16-8-15(11-25(19)21(18)27)10-24(12-16)9-14-2-4-17(22)5-3-14/h2-7,15-16H,8-13H2,1H3,(H,23,26). The van der Waals surface area contributed by atoms with E-state index in [1.54, 1.807) is 6.07 Å². The predicted octanol–water partition coefficient (Wildman–Crippen LogP) is 2.91. The van der Waals surface area contributed by atoms with Gasteiger partial charge in [-0.3, -0.25) is 14.5 Å². The molecule has 2 bridgehead atoms. The highest BCUT2D eigenvalue weighted by Crippen LogP contribution is 2.36. The summed E-state index contributed by atoms with van der Waals surface area (Å²) in [6.45, 7) is 3.27. The predicted molar refractivity (Wildman–Crippen MR) is 110 cm³/mol. The normalized spacial score (nSPS) is 21.2. The molecule has 1 saturated heterocycles. The fourth-order valence-electron chi connectivity index (χ4n) is 4.43. The molecule has 148 valence electrons.